The van der Waals surface area contributed by atoms with E-state index in [-0.39, 0.29) is 65.0 Å². The van der Waals surface area contributed by atoms with E-state index in [2.05, 4.69) is 25.9 Å². The molecule has 0 saturated carbocycles. The molecule has 2 aliphatic rings. The number of carbonyl (C=O) groups is 3. The summed E-state index contributed by atoms with van der Waals surface area (Å²) in [6.07, 6.45) is -0.267. The van der Waals surface area contributed by atoms with Crippen molar-refractivity contribution in [1.82, 2.24) is 15.3 Å². The summed E-state index contributed by atoms with van der Waals surface area (Å²) in [6, 6.07) is 22.2. The zero-order valence-corrected chi connectivity index (χ0v) is 27.4. The molecular weight excluding hydrogens is 658 g/mol. The van der Waals surface area contributed by atoms with E-state index in [1.165, 1.54) is 38.5 Å². The maximum atomic E-state index is 12.8. The van der Waals surface area contributed by atoms with Gasteiger partial charge in [0.2, 0.25) is 17.7 Å². The molecule has 3 aromatic carbocycles. The first kappa shape index (κ1) is 33.9. The molecular formula is C37H31N5O9. The monoisotopic (exact) mass is 689 g/mol. The molecule has 0 unspecified atom stereocenters. The van der Waals surface area contributed by atoms with Gasteiger partial charge in [0.15, 0.2) is 5.43 Å². The fraction of sp³-hybridized carbons (Fsp3) is 0.135. The van der Waals surface area contributed by atoms with Crippen LogP contribution >= 0.6 is 0 Å². The van der Waals surface area contributed by atoms with Crippen LogP contribution in [0.2, 0.25) is 0 Å². The van der Waals surface area contributed by atoms with Crippen molar-refractivity contribution in [2.24, 2.45) is 0 Å². The van der Waals surface area contributed by atoms with Gasteiger partial charge in [-0.1, -0.05) is 18.2 Å². The van der Waals surface area contributed by atoms with Gasteiger partial charge >= 0.3 is 12.0 Å². The fourth-order valence-electron chi connectivity index (χ4n) is 5.50. The van der Waals surface area contributed by atoms with Crippen molar-refractivity contribution >= 4 is 45.9 Å². The Morgan fingerprint density at radius 1 is 0.824 bits per heavy atom. The highest BCUT2D eigenvalue weighted by Gasteiger charge is 2.24. The molecule has 0 spiro atoms. The Morgan fingerprint density at radius 2 is 1.57 bits per heavy atom. The van der Waals surface area contributed by atoms with E-state index in [0.29, 0.717) is 45.1 Å². The predicted octanol–water partition coefficient (Wildman–Crippen LogP) is 5.55. The number of rotatable bonds is 12. The number of phenols is 1. The molecule has 6 rings (SSSR count). The molecule has 0 bridgehead atoms. The number of phenolic OH excluding ortho intramolecular Hbond substituents is 1. The molecule has 0 fully saturated rings. The number of fused-ring (bicyclic) bond motifs is 2. The number of ether oxygens (including phenoxy) is 2. The smallest absolute Gasteiger partial charge is 0.336 e. The lowest BCUT2D eigenvalue weighted by Crippen LogP contribution is -2.24. The summed E-state index contributed by atoms with van der Waals surface area (Å²) in [5, 5.41) is 29.8. The SMILES string of the molecule is COc1cc(Nc2ccc(NC(=O)CCC(=O)NCc3c(O)ccc4c(-c5ccccc5C(=O)O)c5ccc(=O)cc-5oc34)cc2)nc(OC)n1. The molecule has 14 nitrogen and oxygen atoms in total. The highest BCUT2D eigenvalue weighted by molar-refractivity contribution is 6.08. The number of hydrogen-bond donors (Lipinski definition) is 5. The fourth-order valence-corrected chi connectivity index (χ4v) is 5.50. The van der Waals surface area contributed by atoms with Gasteiger partial charge in [-0.25, -0.2) is 4.79 Å². The Labute approximate surface area is 290 Å². The second-order valence-electron chi connectivity index (χ2n) is 11.2. The van der Waals surface area contributed by atoms with Crippen LogP contribution in [-0.2, 0) is 16.1 Å². The predicted molar refractivity (Wildman–Crippen MR) is 188 cm³/mol. The third kappa shape index (κ3) is 7.54. The normalized spacial score (nSPS) is 10.9. The number of aromatic nitrogens is 2. The van der Waals surface area contributed by atoms with Crippen LogP contribution in [0.5, 0.6) is 17.6 Å². The van der Waals surface area contributed by atoms with Crippen molar-refractivity contribution in [3.63, 3.8) is 0 Å². The first-order chi connectivity index (χ1) is 24.6. The number of carboxylic acid groups (broad SMARTS) is 1. The average molecular weight is 690 g/mol. The summed E-state index contributed by atoms with van der Waals surface area (Å²) < 4.78 is 16.4. The highest BCUT2D eigenvalue weighted by atomic mass is 16.5. The third-order valence-electron chi connectivity index (χ3n) is 7.92. The van der Waals surface area contributed by atoms with E-state index in [1.807, 2.05) is 0 Å². The van der Waals surface area contributed by atoms with Crippen LogP contribution in [0.4, 0.5) is 17.2 Å². The van der Waals surface area contributed by atoms with Crippen molar-refractivity contribution in [1.29, 1.82) is 0 Å². The lowest BCUT2D eigenvalue weighted by molar-refractivity contribution is -0.124. The summed E-state index contributed by atoms with van der Waals surface area (Å²) >= 11 is 0. The van der Waals surface area contributed by atoms with Crippen LogP contribution in [0.1, 0.15) is 28.8 Å². The number of nitrogens with one attached hydrogen (secondary N) is 3. The molecule has 0 atom stereocenters. The van der Waals surface area contributed by atoms with E-state index in [9.17, 15) is 29.4 Å². The number of methoxy groups -OCH3 is 2. The topological polar surface area (TPSA) is 202 Å². The number of amides is 2. The Kier molecular flexibility index (Phi) is 9.75. The molecule has 51 heavy (non-hydrogen) atoms. The van der Waals surface area contributed by atoms with E-state index >= 15 is 0 Å². The molecule has 4 aromatic rings. The minimum atomic E-state index is -1.14. The minimum absolute atomic E-state index is 0.0376. The molecule has 258 valence electrons. The Bertz CT molecular complexity index is 2280. The Balaban J connectivity index is 1.14. The van der Waals surface area contributed by atoms with Crippen LogP contribution in [0.3, 0.4) is 0 Å². The molecule has 5 N–H and O–H groups in total. The first-order valence-corrected chi connectivity index (χ1v) is 15.6. The third-order valence-corrected chi connectivity index (χ3v) is 7.92. The largest absolute Gasteiger partial charge is 0.507 e. The number of anilines is 3. The van der Waals surface area contributed by atoms with Gasteiger partial charge in [0.05, 0.1) is 31.9 Å². The number of carbonyl (C=O) groups excluding carboxylic acids is 2. The van der Waals surface area contributed by atoms with Gasteiger partial charge in [-0.2, -0.15) is 9.97 Å². The zero-order valence-electron chi connectivity index (χ0n) is 27.4. The molecule has 2 heterocycles. The van der Waals surface area contributed by atoms with Crippen LogP contribution in [0.25, 0.3) is 33.4 Å². The maximum absolute atomic E-state index is 12.8. The van der Waals surface area contributed by atoms with Crippen LogP contribution in [0.15, 0.2) is 94.1 Å². The van der Waals surface area contributed by atoms with Gasteiger partial charge in [0.1, 0.15) is 22.9 Å². The number of aromatic hydroxyl groups is 1. The van der Waals surface area contributed by atoms with E-state index in [1.54, 1.807) is 60.7 Å². The van der Waals surface area contributed by atoms with E-state index < -0.39 is 11.9 Å². The van der Waals surface area contributed by atoms with Gasteiger partial charge in [-0.15, -0.1) is 0 Å². The molecule has 0 saturated heterocycles. The number of hydrogen-bond acceptors (Lipinski definition) is 11. The van der Waals surface area contributed by atoms with Gasteiger partial charge in [0, 0.05) is 52.9 Å². The summed E-state index contributed by atoms with van der Waals surface area (Å²) in [5.74, 6) is -1.23. The molecule has 1 aromatic heterocycles. The van der Waals surface area contributed by atoms with Gasteiger partial charge in [-0.05, 0) is 60.2 Å². The van der Waals surface area contributed by atoms with Crippen molar-refractivity contribution in [2.75, 3.05) is 24.9 Å². The van der Waals surface area contributed by atoms with Crippen LogP contribution in [0, 0.1) is 0 Å². The molecule has 0 radical (unpaired) electrons. The lowest BCUT2D eigenvalue weighted by Gasteiger charge is -2.19. The van der Waals surface area contributed by atoms with Crippen molar-refractivity contribution < 1.29 is 38.5 Å². The summed E-state index contributed by atoms with van der Waals surface area (Å²) in [7, 11) is 2.93. The van der Waals surface area contributed by atoms with Crippen molar-refractivity contribution in [3.05, 3.63) is 106 Å². The van der Waals surface area contributed by atoms with E-state index in [4.69, 9.17) is 13.9 Å². The standard InChI is InChI=1S/C37H31N5O9/c1-49-33-18-30(41-37(42-33)50-2)39-20-7-9-21(10-8-20)40-32(46)16-15-31(45)38-19-27-28(44)14-13-26-34(23-5-3-4-6-24(23)36(47)48)25-12-11-22(43)17-29(25)51-35(26)27/h3-14,17-18,44H,15-16,19H2,1-2H3,(H,38,45)(H,40,46)(H,47,48)(H,39,41,42). The van der Waals surface area contributed by atoms with Crippen molar-refractivity contribution in [2.45, 2.75) is 19.4 Å². The van der Waals surface area contributed by atoms with Crippen molar-refractivity contribution in [3.8, 4) is 40.1 Å². The second kappa shape index (κ2) is 14.7. The molecule has 2 amide bonds. The first-order valence-electron chi connectivity index (χ1n) is 15.6. The summed E-state index contributed by atoms with van der Waals surface area (Å²) in [6.45, 7) is -0.172. The number of aromatic carboxylic acids is 1. The number of nitrogens with zero attached hydrogens (tertiary/aromatic N) is 2. The van der Waals surface area contributed by atoms with Gasteiger partial charge in [-0.3, -0.25) is 14.4 Å². The molecule has 1 aliphatic carbocycles. The Hall–Kier alpha value is -6.96. The highest BCUT2D eigenvalue weighted by Crippen LogP contribution is 2.43. The maximum Gasteiger partial charge on any atom is 0.336 e. The van der Waals surface area contributed by atoms with Gasteiger partial charge < -0.3 is 40.1 Å². The quantitative estimate of drug-likeness (QED) is 0.100. The minimum Gasteiger partial charge on any atom is -0.507 e. The lowest BCUT2D eigenvalue weighted by atomic mass is 9.90. The molecule has 14 heteroatoms. The number of benzene rings is 4. The van der Waals surface area contributed by atoms with Crippen LogP contribution in [-0.4, -0.2) is 52.2 Å². The molecule has 1 aliphatic heterocycles. The zero-order chi connectivity index (χ0) is 36.1. The van der Waals surface area contributed by atoms with Crippen LogP contribution < -0.4 is 30.9 Å². The average Bonchev–Trinajstić information content (AvgIpc) is 3.13. The Morgan fingerprint density at radius 3 is 2.31 bits per heavy atom. The summed E-state index contributed by atoms with van der Waals surface area (Å²) in [4.78, 5) is 58.2. The second-order valence-corrected chi connectivity index (χ2v) is 11.2. The van der Waals surface area contributed by atoms with Gasteiger partial charge in [0.25, 0.3) is 0 Å². The number of carboxylic acids is 1. The summed E-state index contributed by atoms with van der Waals surface area (Å²) in [5.41, 5.74) is 2.66. The van der Waals surface area contributed by atoms with E-state index in [0.717, 1.165) is 0 Å².